The van der Waals surface area contributed by atoms with Gasteiger partial charge in [0, 0.05) is 13.3 Å². The molecule has 3 fully saturated rings. The minimum atomic E-state index is -1.73. The Bertz CT molecular complexity index is 701. The minimum Gasteiger partial charge on any atom is -0.394 e. The lowest BCUT2D eigenvalue weighted by atomic mass is 9.95. The highest BCUT2D eigenvalue weighted by Gasteiger charge is 2.53. The number of amides is 1. The van der Waals surface area contributed by atoms with Crippen molar-refractivity contribution in [2.24, 2.45) is 0 Å². The maximum atomic E-state index is 11.8. The van der Waals surface area contributed by atoms with Gasteiger partial charge in [-0.15, -0.1) is 0 Å². The predicted octanol–water partition coefficient (Wildman–Crippen LogP) is -5.37. The van der Waals surface area contributed by atoms with E-state index in [2.05, 4.69) is 5.32 Å². The molecule has 0 saturated carbocycles. The second kappa shape index (κ2) is 12.0. The van der Waals surface area contributed by atoms with Crippen LogP contribution < -0.4 is 5.32 Å². The lowest BCUT2D eigenvalue weighted by molar-refractivity contribution is -0.365. The number of carbonyl (C=O) groups is 1. The lowest BCUT2D eigenvalue weighted by Crippen LogP contribution is -2.68. The van der Waals surface area contributed by atoms with Gasteiger partial charge in [-0.3, -0.25) is 4.79 Å². The van der Waals surface area contributed by atoms with Crippen LogP contribution in [0.4, 0.5) is 0 Å². The number of hydrogen-bond acceptors (Lipinski definition) is 14. The molecule has 0 bridgehead atoms. The monoisotopic (exact) mass is 513 g/mol. The molecule has 1 amide bonds. The minimum absolute atomic E-state index is 0.0809. The molecular formula is C20H35NO14. The average molecular weight is 513 g/mol. The summed E-state index contributed by atoms with van der Waals surface area (Å²) in [6.07, 6.45) is -18.6. The van der Waals surface area contributed by atoms with Gasteiger partial charge < -0.3 is 69.9 Å². The maximum Gasteiger partial charge on any atom is 0.217 e. The quantitative estimate of drug-likeness (QED) is 0.155. The Morgan fingerprint density at radius 2 is 1.49 bits per heavy atom. The van der Waals surface area contributed by atoms with Gasteiger partial charge in [0.15, 0.2) is 18.9 Å². The molecule has 204 valence electrons. The number of carbonyl (C=O) groups excluding carboxylic acids is 1. The molecule has 0 spiro atoms. The highest BCUT2D eigenvalue weighted by atomic mass is 16.7. The van der Waals surface area contributed by atoms with Crippen LogP contribution in [0.1, 0.15) is 20.3 Å². The SMILES string of the molecule is CC(=O)N[C@@H]1[C@@H](O[C@@H]2O[C@H](CO)C[C@H](O)[C@H]2O)[C@H](O[C@@H]2O[C@@H](C)[C@@H](O)[C@@H](O)[C@@H]2O)[C@@H](CO)O[C@H]1O. The molecule has 0 aromatic rings. The fourth-order valence-corrected chi connectivity index (χ4v) is 4.36. The van der Waals surface area contributed by atoms with E-state index < -0.39 is 105 Å². The van der Waals surface area contributed by atoms with Crippen molar-refractivity contribution in [3.63, 3.8) is 0 Å². The summed E-state index contributed by atoms with van der Waals surface area (Å²) in [5.41, 5.74) is 0. The van der Waals surface area contributed by atoms with Crippen LogP contribution in [0.5, 0.6) is 0 Å². The number of aliphatic hydroxyl groups excluding tert-OH is 8. The summed E-state index contributed by atoms with van der Waals surface area (Å²) < 4.78 is 28.0. The zero-order valence-electron chi connectivity index (χ0n) is 19.2. The third-order valence-corrected chi connectivity index (χ3v) is 6.31. The summed E-state index contributed by atoms with van der Waals surface area (Å²) >= 11 is 0. The van der Waals surface area contributed by atoms with E-state index in [0.717, 1.165) is 6.92 Å². The third-order valence-electron chi connectivity index (χ3n) is 6.31. The molecule has 0 aliphatic carbocycles. The van der Waals surface area contributed by atoms with Crippen LogP contribution in [0.15, 0.2) is 0 Å². The Hall–Kier alpha value is -1.05. The van der Waals surface area contributed by atoms with Crippen molar-refractivity contribution in [2.75, 3.05) is 13.2 Å². The Morgan fingerprint density at radius 1 is 0.857 bits per heavy atom. The van der Waals surface area contributed by atoms with E-state index in [0.29, 0.717) is 0 Å². The fraction of sp³-hybridized carbons (Fsp3) is 0.950. The van der Waals surface area contributed by atoms with E-state index in [9.17, 15) is 45.6 Å². The lowest BCUT2D eigenvalue weighted by Gasteiger charge is -2.49. The number of aliphatic hydroxyl groups is 8. The second-order valence-electron chi connectivity index (χ2n) is 8.96. The molecule has 15 nitrogen and oxygen atoms in total. The van der Waals surface area contributed by atoms with Gasteiger partial charge in [-0.05, 0) is 6.92 Å². The Balaban J connectivity index is 1.91. The molecule has 15 heteroatoms. The first-order valence-electron chi connectivity index (χ1n) is 11.3. The van der Waals surface area contributed by atoms with Gasteiger partial charge in [-0.25, -0.2) is 0 Å². The first-order chi connectivity index (χ1) is 16.5. The van der Waals surface area contributed by atoms with Crippen molar-refractivity contribution in [1.82, 2.24) is 5.32 Å². The van der Waals surface area contributed by atoms with Crippen LogP contribution in [0.3, 0.4) is 0 Å². The summed E-state index contributed by atoms with van der Waals surface area (Å²) in [6.45, 7) is 1.36. The second-order valence-corrected chi connectivity index (χ2v) is 8.96. The molecule has 3 heterocycles. The smallest absolute Gasteiger partial charge is 0.217 e. The van der Waals surface area contributed by atoms with E-state index in [-0.39, 0.29) is 6.42 Å². The molecule has 0 unspecified atom stereocenters. The van der Waals surface area contributed by atoms with Crippen LogP contribution in [-0.2, 0) is 28.5 Å². The van der Waals surface area contributed by atoms with Crippen LogP contribution in [0.2, 0.25) is 0 Å². The van der Waals surface area contributed by atoms with Crippen LogP contribution in [0, 0.1) is 0 Å². The van der Waals surface area contributed by atoms with Crippen molar-refractivity contribution in [2.45, 2.75) is 106 Å². The number of rotatable bonds is 7. The zero-order valence-corrected chi connectivity index (χ0v) is 19.2. The highest BCUT2D eigenvalue weighted by Crippen LogP contribution is 2.32. The highest BCUT2D eigenvalue weighted by molar-refractivity contribution is 5.73. The number of hydrogen-bond donors (Lipinski definition) is 9. The molecule has 9 N–H and O–H groups in total. The molecule has 35 heavy (non-hydrogen) atoms. The molecule has 3 aliphatic heterocycles. The normalized spacial score (nSPS) is 49.0. The van der Waals surface area contributed by atoms with Crippen molar-refractivity contribution in [1.29, 1.82) is 0 Å². The van der Waals surface area contributed by atoms with Crippen molar-refractivity contribution >= 4 is 5.91 Å². The van der Waals surface area contributed by atoms with Gasteiger partial charge in [0.2, 0.25) is 5.91 Å². The Morgan fingerprint density at radius 3 is 2.09 bits per heavy atom. The summed E-state index contributed by atoms with van der Waals surface area (Å²) in [6, 6.07) is -1.35. The van der Waals surface area contributed by atoms with E-state index in [1.54, 1.807) is 0 Å². The van der Waals surface area contributed by atoms with E-state index in [4.69, 9.17) is 23.7 Å². The Labute approximate surface area is 200 Å². The standard InChI is InChI=1S/C20H35NO14/c1-6-12(26)14(28)15(29)20(31-6)34-16-10(5-23)33-18(30)11(21-7(2)24)17(16)35-19-13(27)9(25)3-8(4-22)32-19/h6,8-20,22-23,25-30H,3-5H2,1-2H3,(H,21,24)/t6-,8-,9-,10+,11+,12+,13+,14+,15-,16+,17+,18+,19-,20-/m0/s1. The van der Waals surface area contributed by atoms with E-state index >= 15 is 0 Å². The summed E-state index contributed by atoms with van der Waals surface area (Å²) in [5, 5.41) is 83.2. The molecule has 0 aromatic carbocycles. The van der Waals surface area contributed by atoms with Crippen LogP contribution >= 0.6 is 0 Å². The van der Waals surface area contributed by atoms with Crippen molar-refractivity contribution < 1.29 is 69.3 Å². The summed E-state index contributed by atoms with van der Waals surface area (Å²) in [4.78, 5) is 11.8. The molecule has 3 rings (SSSR count). The Kier molecular flexibility index (Phi) is 9.78. The van der Waals surface area contributed by atoms with Crippen LogP contribution in [0.25, 0.3) is 0 Å². The van der Waals surface area contributed by atoms with Crippen molar-refractivity contribution in [3.05, 3.63) is 0 Å². The third kappa shape index (κ3) is 6.27. The number of ether oxygens (including phenoxy) is 5. The summed E-state index contributed by atoms with van der Waals surface area (Å²) in [5.74, 6) is -0.605. The molecule has 0 aromatic heterocycles. The first kappa shape index (κ1) is 28.5. The maximum absolute atomic E-state index is 11.8. The van der Waals surface area contributed by atoms with Gasteiger partial charge in [0.25, 0.3) is 0 Å². The average Bonchev–Trinajstić information content (AvgIpc) is 2.81. The predicted molar refractivity (Wildman–Crippen MR) is 110 cm³/mol. The van der Waals surface area contributed by atoms with Crippen molar-refractivity contribution in [3.8, 4) is 0 Å². The molecule has 3 aliphatic rings. The fourth-order valence-electron chi connectivity index (χ4n) is 4.36. The summed E-state index contributed by atoms with van der Waals surface area (Å²) in [7, 11) is 0. The zero-order chi connectivity index (χ0) is 26.0. The molecule has 0 radical (unpaired) electrons. The largest absolute Gasteiger partial charge is 0.394 e. The molecule has 3 saturated heterocycles. The van der Waals surface area contributed by atoms with Gasteiger partial charge in [0.05, 0.1) is 31.5 Å². The van der Waals surface area contributed by atoms with Gasteiger partial charge in [-0.1, -0.05) is 0 Å². The topological polar surface area (TPSA) is 237 Å². The molecular weight excluding hydrogens is 478 g/mol. The molecule has 14 atom stereocenters. The van der Waals surface area contributed by atoms with E-state index in [1.165, 1.54) is 6.92 Å². The van der Waals surface area contributed by atoms with Gasteiger partial charge >= 0.3 is 0 Å². The van der Waals surface area contributed by atoms with E-state index in [1.807, 2.05) is 0 Å². The van der Waals surface area contributed by atoms with Gasteiger partial charge in [0.1, 0.15) is 48.8 Å². The number of nitrogens with one attached hydrogen (secondary N) is 1. The van der Waals surface area contributed by atoms with Crippen LogP contribution in [-0.4, -0.2) is 146 Å². The first-order valence-corrected chi connectivity index (χ1v) is 11.3. The van der Waals surface area contributed by atoms with Gasteiger partial charge in [-0.2, -0.15) is 0 Å².